The van der Waals surface area contributed by atoms with Crippen molar-refractivity contribution in [1.29, 1.82) is 0 Å². The maximum Gasteiger partial charge on any atom is 0.165 e. The molecule has 1 atom stereocenters. The van der Waals surface area contributed by atoms with Gasteiger partial charge >= 0.3 is 0 Å². The highest BCUT2D eigenvalue weighted by molar-refractivity contribution is 5.31. The normalized spacial score (nSPS) is 11.9. The van der Waals surface area contributed by atoms with E-state index in [1.165, 1.54) is 13.2 Å². The summed E-state index contributed by atoms with van der Waals surface area (Å²) < 4.78 is 18.0. The average Bonchev–Trinajstić information content (AvgIpc) is 2.26. The molecule has 3 heteroatoms. The van der Waals surface area contributed by atoms with Crippen molar-refractivity contribution in [3.8, 4) is 18.1 Å². The molecule has 0 aromatic heterocycles. The van der Waals surface area contributed by atoms with Crippen molar-refractivity contribution in [3.05, 3.63) is 29.6 Å². The third-order valence-electron chi connectivity index (χ3n) is 2.19. The largest absolute Gasteiger partial charge is 0.494 e. The Morgan fingerprint density at radius 2 is 2.33 bits per heavy atom. The molecule has 15 heavy (non-hydrogen) atoms. The lowest BCUT2D eigenvalue weighted by atomic mass is 10.1. The van der Waals surface area contributed by atoms with Crippen LogP contribution in [0.15, 0.2) is 18.2 Å². The molecular weight excluding hydrogens is 193 g/mol. The highest BCUT2D eigenvalue weighted by Crippen LogP contribution is 2.22. The topological polar surface area (TPSA) is 21.3 Å². The Bertz CT molecular complexity index is 370. The van der Waals surface area contributed by atoms with E-state index in [4.69, 9.17) is 11.2 Å². The number of ether oxygens (including phenoxy) is 1. The minimum Gasteiger partial charge on any atom is -0.494 e. The monoisotopic (exact) mass is 207 g/mol. The van der Waals surface area contributed by atoms with E-state index in [9.17, 15) is 4.39 Å². The van der Waals surface area contributed by atoms with Gasteiger partial charge in [-0.25, -0.2) is 4.39 Å². The molecule has 0 spiro atoms. The molecule has 0 bridgehead atoms. The minimum absolute atomic E-state index is 0.0792. The summed E-state index contributed by atoms with van der Waals surface area (Å²) in [6, 6.07) is 4.85. The van der Waals surface area contributed by atoms with Crippen molar-refractivity contribution in [3.63, 3.8) is 0 Å². The fourth-order valence-corrected chi connectivity index (χ4v) is 1.28. The molecule has 1 N–H and O–H groups in total. The molecule has 0 unspecified atom stereocenters. The summed E-state index contributed by atoms with van der Waals surface area (Å²) in [5, 5.41) is 3.11. The molecule has 80 valence electrons. The first kappa shape index (κ1) is 11.5. The van der Waals surface area contributed by atoms with Crippen LogP contribution in [0.2, 0.25) is 0 Å². The number of terminal acetylenes is 1. The number of hydrogen-bond donors (Lipinski definition) is 1. The SMILES string of the molecule is C#CCN[C@H](C)c1ccc(F)c(OC)c1. The lowest BCUT2D eigenvalue weighted by Gasteiger charge is -2.13. The molecule has 0 amide bonds. The Morgan fingerprint density at radius 1 is 1.60 bits per heavy atom. The molecule has 0 aliphatic heterocycles. The van der Waals surface area contributed by atoms with Crippen molar-refractivity contribution >= 4 is 0 Å². The van der Waals surface area contributed by atoms with Crippen molar-refractivity contribution in [2.75, 3.05) is 13.7 Å². The Hall–Kier alpha value is -1.53. The second-order valence-corrected chi connectivity index (χ2v) is 3.20. The summed E-state index contributed by atoms with van der Waals surface area (Å²) in [6.45, 7) is 2.45. The lowest BCUT2D eigenvalue weighted by Crippen LogP contribution is -2.18. The van der Waals surface area contributed by atoms with Gasteiger partial charge < -0.3 is 4.74 Å². The van der Waals surface area contributed by atoms with Gasteiger partial charge in [0.1, 0.15) is 0 Å². The van der Waals surface area contributed by atoms with Gasteiger partial charge in [-0.15, -0.1) is 6.42 Å². The number of methoxy groups -OCH3 is 1. The van der Waals surface area contributed by atoms with Gasteiger partial charge in [0.05, 0.1) is 13.7 Å². The predicted molar refractivity (Wildman–Crippen MR) is 58.2 cm³/mol. The molecule has 0 aliphatic carbocycles. The van der Waals surface area contributed by atoms with Crippen LogP contribution in [0.4, 0.5) is 4.39 Å². The van der Waals surface area contributed by atoms with E-state index in [0.29, 0.717) is 6.54 Å². The molecule has 1 rings (SSSR count). The van der Waals surface area contributed by atoms with Crippen LogP contribution in [0.25, 0.3) is 0 Å². The second-order valence-electron chi connectivity index (χ2n) is 3.20. The summed E-state index contributed by atoms with van der Waals surface area (Å²) in [4.78, 5) is 0. The summed E-state index contributed by atoms with van der Waals surface area (Å²) in [5.41, 5.74) is 0.948. The van der Waals surface area contributed by atoms with E-state index in [0.717, 1.165) is 5.56 Å². The molecule has 0 radical (unpaired) electrons. The third kappa shape index (κ3) is 2.97. The van der Waals surface area contributed by atoms with Crippen molar-refractivity contribution in [2.24, 2.45) is 0 Å². The number of halogens is 1. The van der Waals surface area contributed by atoms with Crippen molar-refractivity contribution in [1.82, 2.24) is 5.32 Å². The Labute approximate surface area is 89.4 Å². The summed E-state index contributed by atoms with van der Waals surface area (Å²) in [6.07, 6.45) is 5.14. The first-order chi connectivity index (χ1) is 7.19. The highest BCUT2D eigenvalue weighted by Gasteiger charge is 2.08. The zero-order valence-corrected chi connectivity index (χ0v) is 8.88. The molecule has 0 saturated heterocycles. The van der Waals surface area contributed by atoms with Crippen molar-refractivity contribution < 1.29 is 9.13 Å². The summed E-state index contributed by atoms with van der Waals surface area (Å²) in [5.74, 6) is 2.39. The lowest BCUT2D eigenvalue weighted by molar-refractivity contribution is 0.385. The predicted octanol–water partition coefficient (Wildman–Crippen LogP) is 2.12. The summed E-state index contributed by atoms with van der Waals surface area (Å²) in [7, 11) is 1.45. The summed E-state index contributed by atoms with van der Waals surface area (Å²) >= 11 is 0. The van der Waals surface area contributed by atoms with E-state index in [-0.39, 0.29) is 17.6 Å². The smallest absolute Gasteiger partial charge is 0.165 e. The maximum atomic E-state index is 13.1. The van der Waals surface area contributed by atoms with Gasteiger partial charge in [-0.05, 0) is 24.6 Å². The van der Waals surface area contributed by atoms with Crippen LogP contribution in [-0.4, -0.2) is 13.7 Å². The molecule has 1 aromatic rings. The van der Waals surface area contributed by atoms with Crippen LogP contribution in [-0.2, 0) is 0 Å². The van der Waals surface area contributed by atoms with Gasteiger partial charge in [0.25, 0.3) is 0 Å². The van der Waals surface area contributed by atoms with Gasteiger partial charge in [-0.2, -0.15) is 0 Å². The molecular formula is C12H14FNO. The van der Waals surface area contributed by atoms with Gasteiger partial charge in [0, 0.05) is 6.04 Å². The quantitative estimate of drug-likeness (QED) is 0.763. The van der Waals surface area contributed by atoms with Gasteiger partial charge in [-0.1, -0.05) is 12.0 Å². The number of rotatable bonds is 4. The zero-order chi connectivity index (χ0) is 11.3. The van der Waals surface area contributed by atoms with E-state index in [1.54, 1.807) is 12.1 Å². The van der Waals surface area contributed by atoms with Crippen LogP contribution in [0, 0.1) is 18.2 Å². The Balaban J connectivity index is 2.82. The van der Waals surface area contributed by atoms with Crippen LogP contribution in [0.3, 0.4) is 0 Å². The van der Waals surface area contributed by atoms with E-state index >= 15 is 0 Å². The fourth-order valence-electron chi connectivity index (χ4n) is 1.28. The molecule has 0 saturated carbocycles. The van der Waals surface area contributed by atoms with Crippen LogP contribution in [0.5, 0.6) is 5.75 Å². The molecule has 2 nitrogen and oxygen atoms in total. The second kappa shape index (κ2) is 5.38. The zero-order valence-electron chi connectivity index (χ0n) is 8.88. The number of hydrogen-bond acceptors (Lipinski definition) is 2. The Morgan fingerprint density at radius 3 is 2.93 bits per heavy atom. The number of benzene rings is 1. The third-order valence-corrected chi connectivity index (χ3v) is 2.19. The Kier molecular flexibility index (Phi) is 4.14. The standard InChI is InChI=1S/C12H14FNO/c1-4-7-14-9(2)10-5-6-11(13)12(8-10)15-3/h1,5-6,8-9,14H,7H2,2-3H3/t9-/m1/s1. The van der Waals surface area contributed by atoms with E-state index in [1.807, 2.05) is 6.92 Å². The minimum atomic E-state index is -0.356. The van der Waals surface area contributed by atoms with Gasteiger partial charge in [0.2, 0.25) is 0 Å². The molecule has 0 fully saturated rings. The first-order valence-electron chi connectivity index (χ1n) is 4.69. The average molecular weight is 207 g/mol. The molecule has 0 heterocycles. The molecule has 1 aromatic carbocycles. The van der Waals surface area contributed by atoms with Gasteiger partial charge in [0.15, 0.2) is 11.6 Å². The first-order valence-corrected chi connectivity index (χ1v) is 4.69. The fraction of sp³-hybridized carbons (Fsp3) is 0.333. The van der Waals surface area contributed by atoms with E-state index < -0.39 is 0 Å². The maximum absolute atomic E-state index is 13.1. The van der Waals surface area contributed by atoms with Gasteiger partial charge in [-0.3, -0.25) is 5.32 Å². The highest BCUT2D eigenvalue weighted by atomic mass is 19.1. The van der Waals surface area contributed by atoms with Crippen molar-refractivity contribution in [2.45, 2.75) is 13.0 Å². The molecule has 0 aliphatic rings. The number of nitrogens with one attached hydrogen (secondary N) is 1. The van der Waals surface area contributed by atoms with Crippen LogP contribution in [0.1, 0.15) is 18.5 Å². The van der Waals surface area contributed by atoms with E-state index in [2.05, 4.69) is 11.2 Å². The van der Waals surface area contributed by atoms with Crippen LogP contribution >= 0.6 is 0 Å². The van der Waals surface area contributed by atoms with Crippen LogP contribution < -0.4 is 10.1 Å².